The Balaban J connectivity index is 1.34. The Morgan fingerprint density at radius 1 is 0.603 bits per heavy atom. The van der Waals surface area contributed by atoms with Crippen LogP contribution in [0.5, 0.6) is 0 Å². The molecule has 0 aromatic rings. The molecule has 5 heterocycles. The smallest absolute Gasteiger partial charge is 0.364 e. The van der Waals surface area contributed by atoms with Crippen LogP contribution < -0.4 is 10.6 Å². The van der Waals surface area contributed by atoms with E-state index < -0.39 is 216 Å². The Hall–Kier alpha value is -2.59. The average molecular weight is 999 g/mol. The molecule has 0 saturated carbocycles. The van der Waals surface area contributed by atoms with E-state index >= 15 is 0 Å². The number of nitrogens with one attached hydrogen (secondary N) is 2. The SMILES string of the molecule is CC(=O)N[C@H]1[C@H](O[C@@H]2[C@H](O)[C@@H](O)[C@H](O[C@H]3[C@H](O)[C@@H](O)[C@H](O)O[C@@H]3CO)O[C@@H]2CO)O[C@H](CO[C@@H]2O[C@H](CO)[C@H](O)[C@H](O[C@]3(C(=O)O)C[C@H](O)[C@@H](NC(C)=O)[C@H]([C@H](O)[C@H](O)CO)O3)[C@H]2O)[C@H](O)[C@@H]1O. The monoisotopic (exact) mass is 998 g/mol. The fourth-order valence-electron chi connectivity index (χ4n) is 8.44. The van der Waals surface area contributed by atoms with Gasteiger partial charge in [-0.15, -0.1) is 0 Å². The molecule has 5 saturated heterocycles. The molecule has 0 aromatic heterocycles. The van der Waals surface area contributed by atoms with Crippen molar-refractivity contribution in [2.45, 2.75) is 179 Å². The molecule has 0 unspecified atom stereocenters. The van der Waals surface area contributed by atoms with Gasteiger partial charge in [-0.05, 0) is 0 Å². The Labute approximate surface area is 384 Å². The zero-order valence-corrected chi connectivity index (χ0v) is 36.2. The van der Waals surface area contributed by atoms with Crippen LogP contribution in [0.1, 0.15) is 20.3 Å². The van der Waals surface area contributed by atoms with Gasteiger partial charge in [-0.2, -0.15) is 0 Å². The number of hydrogen-bond donors (Lipinski definition) is 19. The van der Waals surface area contributed by atoms with Crippen LogP contribution in [0, 0.1) is 0 Å². The number of carboxylic acid groups (broad SMARTS) is 1. The van der Waals surface area contributed by atoms with E-state index in [0.717, 1.165) is 13.8 Å². The molecule has 5 aliphatic heterocycles. The van der Waals surface area contributed by atoms with E-state index in [9.17, 15) is 101 Å². The summed E-state index contributed by atoms with van der Waals surface area (Å²) in [5, 5.41) is 184. The van der Waals surface area contributed by atoms with Crippen molar-refractivity contribution in [2.24, 2.45) is 0 Å². The second kappa shape index (κ2) is 23.8. The van der Waals surface area contributed by atoms with Crippen LogP contribution in [-0.4, -0.2) is 297 Å². The average Bonchev–Trinajstić information content (AvgIpc) is 3.29. The minimum atomic E-state index is -3.13. The van der Waals surface area contributed by atoms with E-state index in [0.29, 0.717) is 0 Å². The van der Waals surface area contributed by atoms with E-state index in [2.05, 4.69) is 10.6 Å². The Bertz CT molecular complexity index is 1650. The van der Waals surface area contributed by atoms with Gasteiger partial charge in [0.05, 0.1) is 45.2 Å². The summed E-state index contributed by atoms with van der Waals surface area (Å²) in [4.78, 5) is 37.0. The normalized spacial score (nSPS) is 46.6. The second-order valence-corrected chi connectivity index (χ2v) is 16.9. The third-order valence-corrected chi connectivity index (χ3v) is 12.1. The van der Waals surface area contributed by atoms with Gasteiger partial charge >= 0.3 is 5.97 Å². The molecule has 31 nitrogen and oxygen atoms in total. The second-order valence-electron chi connectivity index (χ2n) is 16.9. The lowest BCUT2D eigenvalue weighted by Crippen LogP contribution is -2.70. The summed E-state index contributed by atoms with van der Waals surface area (Å²) in [6.07, 6.45) is -46.2. The number of ether oxygens (including phenoxy) is 9. The van der Waals surface area contributed by atoms with Crippen molar-refractivity contribution in [2.75, 3.05) is 33.0 Å². The highest BCUT2D eigenvalue weighted by Crippen LogP contribution is 2.38. The lowest BCUT2D eigenvalue weighted by atomic mass is 9.88. The number of aliphatic hydroxyl groups is 16. The molecule has 5 fully saturated rings. The van der Waals surface area contributed by atoms with E-state index in [-0.39, 0.29) is 0 Å². The van der Waals surface area contributed by atoms with Crippen LogP contribution in [0.3, 0.4) is 0 Å². The van der Waals surface area contributed by atoms with Gasteiger partial charge in [0.15, 0.2) is 25.2 Å². The molecule has 0 aromatic carbocycles. The van der Waals surface area contributed by atoms with Gasteiger partial charge in [0.2, 0.25) is 11.8 Å². The summed E-state index contributed by atoms with van der Waals surface area (Å²) in [5.74, 6) is -6.78. The van der Waals surface area contributed by atoms with Crippen LogP contribution in [0.25, 0.3) is 0 Å². The number of hydrogen-bond acceptors (Lipinski definition) is 28. The fraction of sp³-hybridized carbons (Fsp3) is 0.919. The third-order valence-electron chi connectivity index (χ3n) is 12.1. The molecule has 0 aliphatic carbocycles. The summed E-state index contributed by atoms with van der Waals surface area (Å²) in [5.41, 5.74) is 0. The molecule has 0 bridgehead atoms. The van der Waals surface area contributed by atoms with Gasteiger partial charge in [-0.25, -0.2) is 4.79 Å². The zero-order chi connectivity index (χ0) is 50.7. The first-order valence-corrected chi connectivity index (χ1v) is 21.2. The van der Waals surface area contributed by atoms with Crippen molar-refractivity contribution >= 4 is 17.8 Å². The maximum absolute atomic E-state index is 12.9. The number of carboxylic acids is 1. The first-order valence-electron chi connectivity index (χ1n) is 21.2. The predicted octanol–water partition coefficient (Wildman–Crippen LogP) is -12.4. The van der Waals surface area contributed by atoms with Crippen LogP contribution in [0.15, 0.2) is 0 Å². The first-order chi connectivity index (χ1) is 31.9. The first kappa shape index (κ1) is 56.3. The Morgan fingerprint density at radius 2 is 1.13 bits per heavy atom. The molecule has 68 heavy (non-hydrogen) atoms. The largest absolute Gasteiger partial charge is 0.477 e. The zero-order valence-electron chi connectivity index (χ0n) is 36.2. The van der Waals surface area contributed by atoms with E-state index in [1.165, 1.54) is 0 Å². The quantitative estimate of drug-likeness (QED) is 0.0606. The summed E-state index contributed by atoms with van der Waals surface area (Å²) in [6, 6.07) is -3.32. The number of carbonyl (C=O) groups is 3. The van der Waals surface area contributed by atoms with Crippen molar-refractivity contribution in [3.8, 4) is 0 Å². The van der Waals surface area contributed by atoms with Crippen LogP contribution >= 0.6 is 0 Å². The van der Waals surface area contributed by atoms with Gasteiger partial charge in [0.1, 0.15) is 116 Å². The Morgan fingerprint density at radius 3 is 1.69 bits per heavy atom. The van der Waals surface area contributed by atoms with Crippen molar-refractivity contribution in [3.63, 3.8) is 0 Å². The maximum Gasteiger partial charge on any atom is 0.364 e. The molecule has 19 N–H and O–H groups in total. The number of aliphatic carboxylic acids is 1. The topological polar surface area (TPSA) is 502 Å². The van der Waals surface area contributed by atoms with Gasteiger partial charge in [-0.3, -0.25) is 9.59 Å². The predicted molar refractivity (Wildman–Crippen MR) is 207 cm³/mol. The minimum Gasteiger partial charge on any atom is -0.477 e. The summed E-state index contributed by atoms with van der Waals surface area (Å²) >= 11 is 0. The highest BCUT2D eigenvalue weighted by atomic mass is 16.8. The number of amides is 2. The highest BCUT2D eigenvalue weighted by Gasteiger charge is 2.60. The molecule has 0 radical (unpaired) electrons. The molecule has 0 spiro atoms. The van der Waals surface area contributed by atoms with Gasteiger partial charge in [0.25, 0.3) is 5.79 Å². The standard InChI is InChI=1S/C37H62N2O29/c1-9(44)38-17-11(46)3-37(36(58)59,67-30(17)19(48)12(47)4-40)68-31-21(50)13(5-41)62-34(27(31)56)60-8-16-20(49)22(51)18(39-10(2)45)33(64-16)65-29-15(7-43)63-35(26(55)24(29)53)66-28-14(6-42)61-32(57)25(54)23(28)52/h11-35,40-43,46-57H,3-8H2,1-2H3,(H,38,44)(H,39,45)(H,58,59)/t11-,12+,13+,14+,15+,16+,17+,18+,19+,20-,21-,22+,23+,24+,25+,26+,27+,28+,29-,30+,31-,32+,33-,34+,35-,37-/m0/s1. The van der Waals surface area contributed by atoms with Crippen molar-refractivity contribution < 1.29 is 144 Å². The molecular weight excluding hydrogens is 936 g/mol. The molecule has 5 rings (SSSR count). The van der Waals surface area contributed by atoms with E-state index in [1.54, 1.807) is 0 Å². The summed E-state index contributed by atoms with van der Waals surface area (Å²) in [7, 11) is 0. The number of aliphatic hydroxyl groups excluding tert-OH is 16. The Kier molecular flexibility index (Phi) is 19.7. The summed E-state index contributed by atoms with van der Waals surface area (Å²) in [6.45, 7) is -2.98. The minimum absolute atomic E-state index is 0.800. The molecule has 394 valence electrons. The van der Waals surface area contributed by atoms with Crippen molar-refractivity contribution in [1.82, 2.24) is 10.6 Å². The van der Waals surface area contributed by atoms with E-state index in [4.69, 9.17) is 42.6 Å². The highest BCUT2D eigenvalue weighted by molar-refractivity contribution is 5.76. The lowest BCUT2D eigenvalue weighted by molar-refractivity contribution is -0.379. The summed E-state index contributed by atoms with van der Waals surface area (Å²) < 4.78 is 50.2. The van der Waals surface area contributed by atoms with Gasteiger partial charge < -0.3 is 140 Å². The maximum atomic E-state index is 12.9. The van der Waals surface area contributed by atoms with E-state index in [1.807, 2.05) is 0 Å². The number of carbonyl (C=O) groups excluding carboxylic acids is 2. The molecular formula is C37H62N2O29. The molecule has 2 amide bonds. The lowest BCUT2D eigenvalue weighted by Gasteiger charge is -2.50. The van der Waals surface area contributed by atoms with Crippen LogP contribution in [0.2, 0.25) is 0 Å². The fourth-order valence-corrected chi connectivity index (χ4v) is 8.44. The van der Waals surface area contributed by atoms with Gasteiger partial charge in [0, 0.05) is 20.3 Å². The van der Waals surface area contributed by atoms with Crippen molar-refractivity contribution in [3.05, 3.63) is 0 Å². The number of rotatable bonds is 18. The van der Waals surface area contributed by atoms with Crippen LogP contribution in [-0.2, 0) is 57.0 Å². The molecule has 26 atom stereocenters. The molecule has 31 heteroatoms. The van der Waals surface area contributed by atoms with Gasteiger partial charge in [-0.1, -0.05) is 0 Å². The van der Waals surface area contributed by atoms with Crippen molar-refractivity contribution in [1.29, 1.82) is 0 Å². The molecule has 5 aliphatic rings. The van der Waals surface area contributed by atoms with Crippen LogP contribution in [0.4, 0.5) is 0 Å². The third kappa shape index (κ3) is 12.0.